The highest BCUT2D eigenvalue weighted by atomic mass is 79.9. The molecule has 1 aliphatic carbocycles. The Kier molecular flexibility index (Phi) is 9.04. The molecule has 0 spiro atoms. The van der Waals surface area contributed by atoms with Gasteiger partial charge in [-0.15, -0.1) is 0 Å². The first kappa shape index (κ1) is 29.8. The molecule has 10 nitrogen and oxygen atoms in total. The van der Waals surface area contributed by atoms with Gasteiger partial charge in [-0.3, -0.25) is 4.90 Å². The minimum atomic E-state index is 0.207. The average molecular weight is 731 g/mol. The summed E-state index contributed by atoms with van der Waals surface area (Å²) in [5.74, 6) is 2.68. The molecular formula is C33H34Br2N10. The molecule has 0 radical (unpaired) electrons. The van der Waals surface area contributed by atoms with Crippen LogP contribution in [0.3, 0.4) is 0 Å². The summed E-state index contributed by atoms with van der Waals surface area (Å²) in [6, 6.07) is 26.2. The lowest BCUT2D eigenvalue weighted by Crippen LogP contribution is -2.48. The standard InChI is InChI=1S/C33H34Br2N10/c34-24-19-26-28(27(35)20-24)38-21-39-30(26)36-13-14-37-31-41-32(40-25-11-12-25)43-33(42-31)45-17-15-44(16-18-45)29(22-7-3-1-4-8-22)23-9-5-2-6-10-23/h1-10,19-21,25,29H,11-18H2,(H,36,38,39)(H2,37,40,41,42,43). The molecule has 2 aromatic heterocycles. The lowest BCUT2D eigenvalue weighted by molar-refractivity contribution is 0.211. The van der Waals surface area contributed by atoms with E-state index < -0.39 is 0 Å². The molecule has 5 aromatic rings. The molecule has 0 bridgehead atoms. The maximum Gasteiger partial charge on any atom is 0.232 e. The number of nitrogens with zero attached hydrogens (tertiary/aromatic N) is 7. The lowest BCUT2D eigenvalue weighted by atomic mass is 9.96. The fourth-order valence-corrected chi connectivity index (χ4v) is 7.04. The monoisotopic (exact) mass is 728 g/mol. The number of hydrogen-bond acceptors (Lipinski definition) is 10. The van der Waals surface area contributed by atoms with E-state index in [1.54, 1.807) is 6.33 Å². The van der Waals surface area contributed by atoms with Crippen molar-refractivity contribution < 1.29 is 0 Å². The number of benzene rings is 3. The van der Waals surface area contributed by atoms with Crippen molar-refractivity contribution in [3.63, 3.8) is 0 Å². The van der Waals surface area contributed by atoms with Crippen molar-refractivity contribution in [3.8, 4) is 0 Å². The number of anilines is 4. The van der Waals surface area contributed by atoms with E-state index in [-0.39, 0.29) is 6.04 Å². The zero-order chi connectivity index (χ0) is 30.6. The highest BCUT2D eigenvalue weighted by Crippen LogP contribution is 2.32. The molecular weight excluding hydrogens is 696 g/mol. The first-order valence-corrected chi connectivity index (χ1v) is 16.9. The smallest absolute Gasteiger partial charge is 0.232 e. The Balaban J connectivity index is 1.03. The van der Waals surface area contributed by atoms with Gasteiger partial charge in [0.2, 0.25) is 17.8 Å². The number of hydrogen-bond donors (Lipinski definition) is 3. The summed E-state index contributed by atoms with van der Waals surface area (Å²) in [6.07, 6.45) is 3.87. The van der Waals surface area contributed by atoms with Gasteiger partial charge in [0.15, 0.2) is 0 Å². The molecule has 3 heterocycles. The van der Waals surface area contributed by atoms with Crippen LogP contribution in [0.2, 0.25) is 0 Å². The molecule has 2 aliphatic rings. The molecule has 0 unspecified atom stereocenters. The van der Waals surface area contributed by atoms with Crippen molar-refractivity contribution in [2.45, 2.75) is 24.9 Å². The third-order valence-electron chi connectivity index (χ3n) is 8.08. The van der Waals surface area contributed by atoms with Crippen LogP contribution >= 0.6 is 31.9 Å². The first-order chi connectivity index (χ1) is 22.1. The summed E-state index contributed by atoms with van der Waals surface area (Å²) in [7, 11) is 0. The van der Waals surface area contributed by atoms with Crippen LogP contribution in [-0.4, -0.2) is 75.1 Å². The topological polar surface area (TPSA) is 107 Å². The van der Waals surface area contributed by atoms with E-state index in [9.17, 15) is 0 Å². The van der Waals surface area contributed by atoms with Crippen LogP contribution in [0.25, 0.3) is 10.9 Å². The molecule has 2 fully saturated rings. The van der Waals surface area contributed by atoms with Gasteiger partial charge in [0.1, 0.15) is 12.1 Å². The summed E-state index contributed by atoms with van der Waals surface area (Å²) in [6.45, 7) is 4.69. The molecule has 1 saturated carbocycles. The van der Waals surface area contributed by atoms with Gasteiger partial charge in [-0.25, -0.2) is 9.97 Å². The number of fused-ring (bicyclic) bond motifs is 1. The van der Waals surface area contributed by atoms with Crippen molar-refractivity contribution in [2.75, 3.05) is 60.1 Å². The third-order valence-corrected chi connectivity index (χ3v) is 9.15. The van der Waals surface area contributed by atoms with Gasteiger partial charge in [0, 0.05) is 59.6 Å². The fraction of sp³-hybridized carbons (Fsp3) is 0.303. The molecule has 45 heavy (non-hydrogen) atoms. The van der Waals surface area contributed by atoms with Crippen molar-refractivity contribution in [3.05, 3.63) is 99.2 Å². The predicted molar refractivity (Wildman–Crippen MR) is 187 cm³/mol. The Bertz CT molecular complexity index is 1710. The summed E-state index contributed by atoms with van der Waals surface area (Å²) in [4.78, 5) is 28.1. The van der Waals surface area contributed by atoms with Crippen LogP contribution in [0.15, 0.2) is 88.1 Å². The number of piperazine rings is 1. The van der Waals surface area contributed by atoms with E-state index in [4.69, 9.17) is 15.0 Å². The van der Waals surface area contributed by atoms with Gasteiger partial charge in [-0.05, 0) is 52.0 Å². The van der Waals surface area contributed by atoms with Crippen LogP contribution in [0, 0.1) is 0 Å². The Hall–Kier alpha value is -3.87. The lowest BCUT2D eigenvalue weighted by Gasteiger charge is -2.39. The maximum absolute atomic E-state index is 4.86. The van der Waals surface area contributed by atoms with E-state index in [1.165, 1.54) is 11.1 Å². The van der Waals surface area contributed by atoms with Crippen LogP contribution < -0.4 is 20.9 Å². The van der Waals surface area contributed by atoms with Gasteiger partial charge >= 0.3 is 0 Å². The van der Waals surface area contributed by atoms with Crippen molar-refractivity contribution in [1.29, 1.82) is 0 Å². The molecule has 1 aliphatic heterocycles. The second-order valence-electron chi connectivity index (χ2n) is 11.3. The minimum absolute atomic E-state index is 0.207. The normalized spacial score (nSPS) is 15.4. The molecule has 3 aromatic carbocycles. The Morgan fingerprint density at radius 1 is 0.756 bits per heavy atom. The highest BCUT2D eigenvalue weighted by molar-refractivity contribution is 9.11. The average Bonchev–Trinajstić information content (AvgIpc) is 3.89. The van der Waals surface area contributed by atoms with Gasteiger partial charge in [0.25, 0.3) is 0 Å². The van der Waals surface area contributed by atoms with Crippen LogP contribution in [0.5, 0.6) is 0 Å². The van der Waals surface area contributed by atoms with Crippen LogP contribution in [0.4, 0.5) is 23.7 Å². The second-order valence-corrected chi connectivity index (χ2v) is 13.1. The van der Waals surface area contributed by atoms with E-state index in [1.807, 2.05) is 12.1 Å². The van der Waals surface area contributed by atoms with E-state index in [0.29, 0.717) is 37.0 Å². The summed E-state index contributed by atoms with van der Waals surface area (Å²) in [5, 5.41) is 11.3. The van der Waals surface area contributed by atoms with Crippen LogP contribution in [-0.2, 0) is 0 Å². The second kappa shape index (κ2) is 13.6. The molecule has 7 rings (SSSR count). The quantitative estimate of drug-likeness (QED) is 0.133. The minimum Gasteiger partial charge on any atom is -0.368 e. The number of nitrogens with one attached hydrogen (secondary N) is 3. The summed E-state index contributed by atoms with van der Waals surface area (Å²) < 4.78 is 1.88. The number of halogens is 2. The largest absolute Gasteiger partial charge is 0.368 e. The molecule has 1 saturated heterocycles. The van der Waals surface area contributed by atoms with Gasteiger partial charge < -0.3 is 20.9 Å². The molecule has 12 heteroatoms. The zero-order valence-electron chi connectivity index (χ0n) is 24.7. The molecule has 3 N–H and O–H groups in total. The summed E-state index contributed by atoms with van der Waals surface area (Å²) in [5.41, 5.74) is 3.48. The van der Waals surface area contributed by atoms with E-state index >= 15 is 0 Å². The molecule has 230 valence electrons. The van der Waals surface area contributed by atoms with Crippen molar-refractivity contribution in [1.82, 2.24) is 29.8 Å². The first-order valence-electron chi connectivity index (χ1n) is 15.3. The Morgan fingerprint density at radius 2 is 1.42 bits per heavy atom. The van der Waals surface area contributed by atoms with Gasteiger partial charge in [-0.2, -0.15) is 15.0 Å². The fourth-order valence-electron chi connectivity index (χ4n) is 5.71. The molecule has 0 amide bonds. The van der Waals surface area contributed by atoms with E-state index in [0.717, 1.165) is 64.7 Å². The number of rotatable bonds is 11. The summed E-state index contributed by atoms with van der Waals surface area (Å²) >= 11 is 7.17. The van der Waals surface area contributed by atoms with Crippen molar-refractivity contribution >= 4 is 66.4 Å². The predicted octanol–water partition coefficient (Wildman–Crippen LogP) is 6.35. The SMILES string of the molecule is Brc1cc(Br)c2ncnc(NCCNc3nc(NC4CC4)nc(N4CCN(C(c5ccccc5)c5ccccc5)CC4)n3)c2c1. The van der Waals surface area contributed by atoms with Gasteiger partial charge in [-0.1, -0.05) is 76.6 Å². The number of aromatic nitrogens is 5. The third kappa shape index (κ3) is 7.18. The molecule has 0 atom stereocenters. The zero-order valence-corrected chi connectivity index (χ0v) is 27.9. The van der Waals surface area contributed by atoms with Gasteiger partial charge in [0.05, 0.1) is 11.6 Å². The van der Waals surface area contributed by atoms with Crippen LogP contribution in [0.1, 0.15) is 30.0 Å². The van der Waals surface area contributed by atoms with E-state index in [2.05, 4.69) is 128 Å². The van der Waals surface area contributed by atoms with Crippen molar-refractivity contribution in [2.24, 2.45) is 0 Å². The highest BCUT2D eigenvalue weighted by Gasteiger charge is 2.28. The maximum atomic E-state index is 4.86. The Labute approximate surface area is 279 Å². The Morgan fingerprint density at radius 3 is 2.11 bits per heavy atom.